The summed E-state index contributed by atoms with van der Waals surface area (Å²) in [4.78, 5) is 0. The van der Waals surface area contributed by atoms with Crippen LogP contribution in [0.4, 0.5) is 0 Å². The molecule has 9 saturated heterocycles. The molecule has 37 heteroatoms. The van der Waals surface area contributed by atoms with Gasteiger partial charge in [-0.2, -0.15) is 0 Å². The number of aliphatic hydroxyl groups is 20. The Hall–Kier alpha value is -1.48. The number of aliphatic hydroxyl groups excluding tert-OH is 20. The highest BCUT2D eigenvalue weighted by Gasteiger charge is 2.58. The minimum absolute atomic E-state index is 0.459. The zero-order chi connectivity index (χ0) is 59.2. The van der Waals surface area contributed by atoms with Crippen LogP contribution in [0.25, 0.3) is 0 Å². The van der Waals surface area contributed by atoms with Crippen molar-refractivity contribution in [1.82, 2.24) is 0 Å². The van der Waals surface area contributed by atoms with Crippen LogP contribution in [-0.2, 0) is 80.5 Å². The molecule has 476 valence electrons. The van der Waals surface area contributed by atoms with Crippen LogP contribution in [0.5, 0.6) is 0 Å². The van der Waals surface area contributed by atoms with E-state index in [-0.39, 0.29) is 0 Å². The summed E-state index contributed by atoms with van der Waals surface area (Å²) in [5, 5.41) is 213. The molecule has 20 N–H and O–H groups in total. The van der Waals surface area contributed by atoms with Crippen molar-refractivity contribution in [3.8, 4) is 0 Å². The molecule has 9 heterocycles. The average molecular weight is 1210 g/mol. The van der Waals surface area contributed by atoms with Crippen LogP contribution in [-0.4, -0.2) is 383 Å². The van der Waals surface area contributed by atoms with E-state index in [1.165, 1.54) is 0 Å². The number of ether oxygens (including phenoxy) is 17. The van der Waals surface area contributed by atoms with Crippen LogP contribution in [0.1, 0.15) is 0 Å². The van der Waals surface area contributed by atoms with Crippen molar-refractivity contribution < 1.29 is 183 Å². The molecular formula is C45H74O37. The van der Waals surface area contributed by atoms with E-state index in [1.54, 1.807) is 0 Å². The molecular weight excluding hydrogens is 1130 g/mol. The number of rotatable bonds is 19. The maximum atomic E-state index is 12.2. The highest BCUT2D eigenvalue weighted by atomic mass is 16.8. The van der Waals surface area contributed by atoms with Crippen LogP contribution in [0, 0.1) is 0 Å². The van der Waals surface area contributed by atoms with Gasteiger partial charge in [-0.15, -0.1) is 0 Å². The van der Waals surface area contributed by atoms with Gasteiger partial charge >= 0.3 is 0 Å². The minimum Gasteiger partial charge on any atom is -0.394 e. The monoisotopic (exact) mass is 1210 g/mol. The quantitative estimate of drug-likeness (QED) is 0.0571. The second-order valence-corrected chi connectivity index (χ2v) is 21.0. The first-order valence-electron chi connectivity index (χ1n) is 26.3. The third-order valence-electron chi connectivity index (χ3n) is 15.5. The average Bonchev–Trinajstić information content (AvgIpc) is 4.18. The van der Waals surface area contributed by atoms with Crippen LogP contribution in [0.15, 0.2) is 0 Å². The van der Waals surface area contributed by atoms with E-state index in [1.807, 2.05) is 0 Å². The van der Waals surface area contributed by atoms with E-state index in [9.17, 15) is 102 Å². The number of hydrogen-bond donors (Lipinski definition) is 20. The molecule has 36 atom stereocenters. The van der Waals surface area contributed by atoms with Crippen molar-refractivity contribution in [2.45, 2.75) is 221 Å². The summed E-state index contributed by atoms with van der Waals surface area (Å²) in [6.45, 7) is -6.14. The zero-order valence-electron chi connectivity index (χ0n) is 43.0. The molecule has 0 aromatic rings. The van der Waals surface area contributed by atoms with E-state index in [0.717, 1.165) is 0 Å². The van der Waals surface area contributed by atoms with Gasteiger partial charge in [0.2, 0.25) is 0 Å². The van der Waals surface area contributed by atoms with Crippen LogP contribution in [0.3, 0.4) is 0 Å². The molecule has 9 rings (SSSR count). The molecule has 82 heavy (non-hydrogen) atoms. The lowest BCUT2D eigenvalue weighted by molar-refractivity contribution is -0.390. The maximum Gasteiger partial charge on any atom is 0.187 e. The topological polar surface area (TPSA) is 562 Å². The summed E-state index contributed by atoms with van der Waals surface area (Å²) in [6.07, 6.45) is -63.7. The van der Waals surface area contributed by atoms with Gasteiger partial charge in [0.15, 0.2) is 56.6 Å². The molecule has 0 saturated carbocycles. The van der Waals surface area contributed by atoms with Gasteiger partial charge in [-0.25, -0.2) is 0 Å². The Kier molecular flexibility index (Phi) is 22.1. The summed E-state index contributed by atoms with van der Waals surface area (Å²) < 4.78 is 98.2. The van der Waals surface area contributed by atoms with E-state index in [4.69, 9.17) is 80.5 Å². The van der Waals surface area contributed by atoms with Crippen molar-refractivity contribution in [1.29, 1.82) is 0 Å². The summed E-state index contributed by atoms with van der Waals surface area (Å²) in [6, 6.07) is 0. The van der Waals surface area contributed by atoms with E-state index < -0.39 is 281 Å². The predicted molar refractivity (Wildman–Crippen MR) is 243 cm³/mol. The van der Waals surface area contributed by atoms with Crippen LogP contribution in [0.2, 0.25) is 0 Å². The molecule has 0 radical (unpaired) electrons. The summed E-state index contributed by atoms with van der Waals surface area (Å²) >= 11 is 0. The normalized spacial score (nSPS) is 54.1. The lowest BCUT2D eigenvalue weighted by Crippen LogP contribution is -2.65. The molecule has 0 bridgehead atoms. The molecule has 37 nitrogen and oxygen atoms in total. The molecule has 0 aromatic carbocycles. The van der Waals surface area contributed by atoms with Gasteiger partial charge in [0, 0.05) is 0 Å². The van der Waals surface area contributed by atoms with Crippen molar-refractivity contribution in [3.05, 3.63) is 0 Å². The third kappa shape index (κ3) is 13.6. The minimum atomic E-state index is -2.14. The van der Waals surface area contributed by atoms with E-state index >= 15 is 0 Å². The molecule has 9 aliphatic heterocycles. The maximum absolute atomic E-state index is 12.2. The molecule has 0 aromatic heterocycles. The first kappa shape index (κ1) is 65.0. The first-order valence-corrected chi connectivity index (χ1v) is 26.3. The van der Waals surface area contributed by atoms with Gasteiger partial charge < -0.3 is 183 Å². The molecule has 0 amide bonds. The van der Waals surface area contributed by atoms with Crippen molar-refractivity contribution in [2.24, 2.45) is 0 Å². The highest BCUT2D eigenvalue weighted by molar-refractivity contribution is 4.99. The number of hydrogen-bond acceptors (Lipinski definition) is 37. The molecule has 9 aliphatic rings. The van der Waals surface area contributed by atoms with Gasteiger partial charge in [0.05, 0.1) is 59.5 Å². The lowest BCUT2D eigenvalue weighted by atomic mass is 10.0. The third-order valence-corrected chi connectivity index (χ3v) is 15.5. The Labute approximate surface area is 463 Å². The van der Waals surface area contributed by atoms with E-state index in [2.05, 4.69) is 0 Å². The Morgan fingerprint density at radius 1 is 0.244 bits per heavy atom. The Balaban J connectivity index is 0.959. The predicted octanol–water partition coefficient (Wildman–Crippen LogP) is -14.9. The zero-order valence-corrected chi connectivity index (χ0v) is 43.0. The van der Waals surface area contributed by atoms with Gasteiger partial charge in [0.1, 0.15) is 165 Å². The standard InChI is InChI=1S/C45H74O37/c46-1-11-20(51)30(61)42(72-11)80-34-17(78-40-29(60)24(55)15(6-69-40)76-38-27(58)19(50)10(49)4-67-38)8-70-41(33(34)64)79-18-9-71-45(77-16-7-68-39(28(59)25(16)56)75-14-5-66-37(65)26(57)23(14)54)36(82-44-32(63)22(53)13(3-48)74-44)35(18)81-43-31(62)21(52)12(2-47)73-43/h10-65H,1-9H2. The molecule has 36 unspecified atom stereocenters. The molecule has 0 spiro atoms. The van der Waals surface area contributed by atoms with Gasteiger partial charge in [0.25, 0.3) is 0 Å². The van der Waals surface area contributed by atoms with Gasteiger partial charge in [-0.3, -0.25) is 0 Å². The Morgan fingerprint density at radius 2 is 0.549 bits per heavy atom. The fraction of sp³-hybridized carbons (Fsp3) is 1.00. The fourth-order valence-electron chi connectivity index (χ4n) is 10.5. The molecule has 0 aliphatic carbocycles. The summed E-state index contributed by atoms with van der Waals surface area (Å²) in [5.74, 6) is 0. The Bertz CT molecular complexity index is 1980. The summed E-state index contributed by atoms with van der Waals surface area (Å²) in [5.41, 5.74) is 0. The Morgan fingerprint density at radius 3 is 0.988 bits per heavy atom. The summed E-state index contributed by atoms with van der Waals surface area (Å²) in [7, 11) is 0. The molecule has 9 fully saturated rings. The van der Waals surface area contributed by atoms with Gasteiger partial charge in [-0.05, 0) is 0 Å². The fourth-order valence-corrected chi connectivity index (χ4v) is 10.5. The van der Waals surface area contributed by atoms with Crippen LogP contribution >= 0.6 is 0 Å². The van der Waals surface area contributed by atoms with Crippen molar-refractivity contribution in [2.75, 3.05) is 59.5 Å². The van der Waals surface area contributed by atoms with E-state index in [0.29, 0.717) is 0 Å². The van der Waals surface area contributed by atoms with Gasteiger partial charge in [-0.1, -0.05) is 0 Å². The van der Waals surface area contributed by atoms with Crippen LogP contribution < -0.4 is 0 Å². The van der Waals surface area contributed by atoms with Crippen molar-refractivity contribution >= 4 is 0 Å². The first-order chi connectivity index (χ1) is 39.0. The smallest absolute Gasteiger partial charge is 0.187 e. The van der Waals surface area contributed by atoms with Crippen molar-refractivity contribution in [3.63, 3.8) is 0 Å². The lowest BCUT2D eigenvalue weighted by Gasteiger charge is -2.48. The second kappa shape index (κ2) is 27.9. The SMILES string of the molecule is OCC1OC(OC2C(OC3OCC(OC4OCC(O)C(O)C4O)C(O)C3O)COC(OC3COC(OC4COC(OC5COC(O)C(O)C5O)C(O)C4O)C(OC4OC(CO)C(O)C4O)C3OC3OC(CO)C(O)C3O)C2O)C(O)C1O. The highest BCUT2D eigenvalue weighted by Crippen LogP contribution is 2.38. The largest absolute Gasteiger partial charge is 0.394 e. The second-order valence-electron chi connectivity index (χ2n) is 21.0.